The zero-order valence-corrected chi connectivity index (χ0v) is 11.4. The number of ketones is 3. The van der Waals surface area contributed by atoms with Crippen molar-refractivity contribution >= 4 is 17.3 Å². The van der Waals surface area contributed by atoms with Gasteiger partial charge < -0.3 is 5.11 Å². The van der Waals surface area contributed by atoms with Crippen LogP contribution in [0.25, 0.3) is 0 Å². The molecule has 2 rings (SSSR count). The van der Waals surface area contributed by atoms with Crippen molar-refractivity contribution in [1.29, 1.82) is 0 Å². The Morgan fingerprint density at radius 1 is 0.947 bits per heavy atom. The van der Waals surface area contributed by atoms with Crippen LogP contribution in [0.15, 0.2) is 11.3 Å². The van der Waals surface area contributed by atoms with Gasteiger partial charge in [0.2, 0.25) is 0 Å². The van der Waals surface area contributed by atoms with Crippen LogP contribution in [0.1, 0.15) is 46.0 Å². The number of aliphatic hydroxyl groups is 1. The first-order chi connectivity index (χ1) is 8.88. The molecule has 1 unspecified atom stereocenters. The molecule has 0 aromatic heterocycles. The molecule has 1 fully saturated rings. The van der Waals surface area contributed by atoms with Gasteiger partial charge in [-0.3, -0.25) is 14.4 Å². The predicted octanol–water partition coefficient (Wildman–Crippen LogP) is 2.37. The van der Waals surface area contributed by atoms with Gasteiger partial charge in [0.25, 0.3) is 0 Å². The summed E-state index contributed by atoms with van der Waals surface area (Å²) in [4.78, 5) is 35.8. The molecule has 0 heterocycles. The van der Waals surface area contributed by atoms with E-state index in [0.717, 1.165) is 0 Å². The highest BCUT2D eigenvalue weighted by Crippen LogP contribution is 2.33. The molecular formula is C15H20O4. The molecule has 2 aliphatic carbocycles. The third kappa shape index (κ3) is 2.94. The molecule has 104 valence electrons. The molecule has 1 N–H and O–H groups in total. The summed E-state index contributed by atoms with van der Waals surface area (Å²) in [6, 6.07) is 0. The fourth-order valence-electron chi connectivity index (χ4n) is 3.01. The van der Waals surface area contributed by atoms with Crippen molar-refractivity contribution in [3.05, 3.63) is 11.3 Å². The highest BCUT2D eigenvalue weighted by atomic mass is 16.3. The van der Waals surface area contributed by atoms with Gasteiger partial charge in [-0.15, -0.1) is 0 Å². The lowest BCUT2D eigenvalue weighted by molar-refractivity contribution is -0.137. The van der Waals surface area contributed by atoms with E-state index in [4.69, 9.17) is 0 Å². The van der Waals surface area contributed by atoms with Crippen molar-refractivity contribution in [3.63, 3.8) is 0 Å². The van der Waals surface area contributed by atoms with Gasteiger partial charge in [0, 0.05) is 31.3 Å². The molecule has 4 heteroatoms. The lowest BCUT2D eigenvalue weighted by Gasteiger charge is -2.26. The molecule has 2 aliphatic rings. The molecule has 0 saturated heterocycles. The molecule has 0 bridgehead atoms. The maximum Gasteiger partial charge on any atom is 0.162 e. The summed E-state index contributed by atoms with van der Waals surface area (Å²) < 4.78 is 0. The number of allylic oxidation sites excluding steroid dienone is 2. The van der Waals surface area contributed by atoms with Crippen molar-refractivity contribution in [1.82, 2.24) is 0 Å². The Kier molecular flexibility index (Phi) is 3.88. The smallest absolute Gasteiger partial charge is 0.162 e. The Morgan fingerprint density at radius 3 is 2.00 bits per heavy atom. The topological polar surface area (TPSA) is 71.4 Å². The Hall–Kier alpha value is -1.45. The second-order valence-corrected chi connectivity index (χ2v) is 6.06. The number of Topliss-reactive ketones (excluding diaryl/α,β-unsaturated/α-hetero) is 3. The van der Waals surface area contributed by atoms with Gasteiger partial charge in [-0.05, 0) is 18.3 Å². The molecule has 0 spiro atoms. The molecule has 1 atom stereocenters. The molecule has 0 aromatic rings. The van der Waals surface area contributed by atoms with Gasteiger partial charge in [-0.2, -0.15) is 0 Å². The number of carbonyl (C=O) groups excluding carboxylic acids is 3. The maximum absolute atomic E-state index is 11.9. The van der Waals surface area contributed by atoms with Crippen LogP contribution in [0.5, 0.6) is 0 Å². The summed E-state index contributed by atoms with van der Waals surface area (Å²) in [6.45, 7) is 3.79. The summed E-state index contributed by atoms with van der Waals surface area (Å²) in [6.07, 6.45) is 1.75. The van der Waals surface area contributed by atoms with Crippen molar-refractivity contribution in [2.75, 3.05) is 0 Å². The van der Waals surface area contributed by atoms with Gasteiger partial charge in [0.05, 0.1) is 11.7 Å². The average molecular weight is 264 g/mol. The summed E-state index contributed by atoms with van der Waals surface area (Å²) in [7, 11) is 0. The Morgan fingerprint density at radius 2 is 1.47 bits per heavy atom. The predicted molar refractivity (Wildman–Crippen MR) is 69.6 cm³/mol. The average Bonchev–Trinajstić information content (AvgIpc) is 2.25. The molecule has 0 aromatic carbocycles. The zero-order chi connectivity index (χ0) is 14.2. The standard InChI is InChI=1S/C15H20O4/c1-8-3-12(16)10(13(17)4-8)7-11-14(18)5-9(2)6-15(11)19/h8-10,18H,3-7H2,1-2H3. The molecular weight excluding hydrogens is 244 g/mol. The molecule has 0 radical (unpaired) electrons. The van der Waals surface area contributed by atoms with Crippen LogP contribution >= 0.6 is 0 Å². The fraction of sp³-hybridized carbons (Fsp3) is 0.667. The van der Waals surface area contributed by atoms with E-state index in [9.17, 15) is 19.5 Å². The van der Waals surface area contributed by atoms with E-state index in [1.54, 1.807) is 0 Å². The van der Waals surface area contributed by atoms with Gasteiger partial charge in [-0.1, -0.05) is 13.8 Å². The zero-order valence-electron chi connectivity index (χ0n) is 11.4. The fourth-order valence-corrected chi connectivity index (χ4v) is 3.01. The molecule has 4 nitrogen and oxygen atoms in total. The monoisotopic (exact) mass is 264 g/mol. The van der Waals surface area contributed by atoms with Crippen LogP contribution in [-0.2, 0) is 14.4 Å². The highest BCUT2D eigenvalue weighted by molar-refractivity contribution is 6.06. The normalized spacial score (nSPS) is 32.9. The molecule has 0 amide bonds. The largest absolute Gasteiger partial charge is 0.512 e. The van der Waals surface area contributed by atoms with Crippen LogP contribution in [-0.4, -0.2) is 22.5 Å². The molecule has 1 saturated carbocycles. The van der Waals surface area contributed by atoms with E-state index < -0.39 is 5.92 Å². The van der Waals surface area contributed by atoms with Gasteiger partial charge in [0.1, 0.15) is 11.6 Å². The number of hydrogen-bond acceptors (Lipinski definition) is 4. The first kappa shape index (κ1) is 14.0. The van der Waals surface area contributed by atoms with Gasteiger partial charge >= 0.3 is 0 Å². The van der Waals surface area contributed by atoms with E-state index in [2.05, 4.69) is 0 Å². The van der Waals surface area contributed by atoms with Crippen molar-refractivity contribution in [3.8, 4) is 0 Å². The number of aliphatic hydroxyl groups excluding tert-OH is 1. The Labute approximate surface area is 112 Å². The number of rotatable bonds is 2. The van der Waals surface area contributed by atoms with Crippen molar-refractivity contribution in [2.24, 2.45) is 17.8 Å². The van der Waals surface area contributed by atoms with Crippen LogP contribution in [0.3, 0.4) is 0 Å². The maximum atomic E-state index is 11.9. The third-order valence-corrected chi connectivity index (χ3v) is 4.05. The highest BCUT2D eigenvalue weighted by Gasteiger charge is 2.36. The van der Waals surface area contributed by atoms with E-state index >= 15 is 0 Å². The van der Waals surface area contributed by atoms with Crippen molar-refractivity contribution in [2.45, 2.75) is 46.0 Å². The first-order valence-electron chi connectivity index (χ1n) is 6.88. The number of carbonyl (C=O) groups is 3. The van der Waals surface area contributed by atoms with Crippen LogP contribution < -0.4 is 0 Å². The lowest BCUT2D eigenvalue weighted by Crippen LogP contribution is -2.34. The minimum absolute atomic E-state index is 0.0722. The van der Waals surface area contributed by atoms with Crippen LogP contribution in [0.4, 0.5) is 0 Å². The Bertz CT molecular complexity index is 443. The summed E-state index contributed by atoms with van der Waals surface area (Å²) in [5.74, 6) is -0.704. The molecule has 0 aliphatic heterocycles. The van der Waals surface area contributed by atoms with Gasteiger partial charge in [0.15, 0.2) is 5.78 Å². The van der Waals surface area contributed by atoms with E-state index in [0.29, 0.717) is 31.3 Å². The second-order valence-electron chi connectivity index (χ2n) is 6.06. The van der Waals surface area contributed by atoms with Gasteiger partial charge in [-0.25, -0.2) is 0 Å². The summed E-state index contributed by atoms with van der Waals surface area (Å²) in [5, 5.41) is 9.90. The first-order valence-corrected chi connectivity index (χ1v) is 6.88. The number of hydrogen-bond donors (Lipinski definition) is 1. The minimum Gasteiger partial charge on any atom is -0.512 e. The quantitative estimate of drug-likeness (QED) is 0.777. The SMILES string of the molecule is CC1CC(=O)C(CC2=C(O)CC(C)CC2=O)C(=O)C1. The van der Waals surface area contributed by atoms with Crippen LogP contribution in [0, 0.1) is 17.8 Å². The van der Waals surface area contributed by atoms with E-state index in [1.807, 2.05) is 13.8 Å². The second kappa shape index (κ2) is 5.27. The summed E-state index contributed by atoms with van der Waals surface area (Å²) >= 11 is 0. The lowest BCUT2D eigenvalue weighted by atomic mass is 9.75. The minimum atomic E-state index is -0.717. The van der Waals surface area contributed by atoms with Crippen LogP contribution in [0.2, 0.25) is 0 Å². The Balaban J connectivity index is 2.16. The summed E-state index contributed by atoms with van der Waals surface area (Å²) in [5.41, 5.74) is 0.305. The van der Waals surface area contributed by atoms with Crippen molar-refractivity contribution < 1.29 is 19.5 Å². The van der Waals surface area contributed by atoms with E-state index in [1.165, 1.54) is 0 Å². The third-order valence-electron chi connectivity index (χ3n) is 4.05. The molecule has 19 heavy (non-hydrogen) atoms. The van der Waals surface area contributed by atoms with E-state index in [-0.39, 0.29) is 41.4 Å².